The lowest BCUT2D eigenvalue weighted by Gasteiger charge is -2.09. The fraction of sp³-hybridized carbons (Fsp3) is 0.292. The van der Waals surface area contributed by atoms with E-state index in [1.807, 2.05) is 43.5 Å². The van der Waals surface area contributed by atoms with Crippen molar-refractivity contribution in [3.8, 4) is 16.9 Å². The van der Waals surface area contributed by atoms with Crippen LogP contribution in [0.5, 0.6) is 5.75 Å². The Morgan fingerprint density at radius 2 is 1.88 bits per heavy atom. The molecule has 0 bridgehead atoms. The van der Waals surface area contributed by atoms with Crippen LogP contribution in [0, 0.1) is 5.92 Å². The summed E-state index contributed by atoms with van der Waals surface area (Å²) >= 11 is 1.33. The topological polar surface area (TPSA) is 96.9 Å². The Morgan fingerprint density at radius 1 is 1.12 bits per heavy atom. The summed E-state index contributed by atoms with van der Waals surface area (Å²) in [6, 6.07) is 9.42. The molecule has 8 heteroatoms. The predicted molar refractivity (Wildman–Crippen MR) is 128 cm³/mol. The van der Waals surface area contributed by atoms with Gasteiger partial charge in [0, 0.05) is 28.9 Å². The van der Waals surface area contributed by atoms with Gasteiger partial charge in [0.25, 0.3) is 5.56 Å². The zero-order chi connectivity index (χ0) is 22.8. The van der Waals surface area contributed by atoms with Gasteiger partial charge in [-0.1, -0.05) is 45.0 Å². The number of aromatic amines is 2. The zero-order valence-electron chi connectivity index (χ0n) is 18.2. The van der Waals surface area contributed by atoms with Crippen LogP contribution in [0.4, 0.5) is 0 Å². The van der Waals surface area contributed by atoms with Gasteiger partial charge in [-0.2, -0.15) is 0 Å². The molecule has 0 fully saturated rings. The Kier molecular flexibility index (Phi) is 6.14. The Hall–Kier alpha value is -3.39. The number of H-pyrrole nitrogens is 2. The number of thiophene rings is 1. The number of aryl methyl sites for hydroxylation is 1. The van der Waals surface area contributed by atoms with Crippen molar-refractivity contribution >= 4 is 21.6 Å². The molecule has 0 aliphatic rings. The third-order valence-electron chi connectivity index (χ3n) is 5.23. The van der Waals surface area contributed by atoms with Gasteiger partial charge in [-0.3, -0.25) is 19.1 Å². The minimum Gasteiger partial charge on any atom is -0.488 e. The average Bonchev–Trinajstić information content (AvgIpc) is 3.19. The summed E-state index contributed by atoms with van der Waals surface area (Å²) in [7, 11) is 0. The number of nitrogens with zero attached hydrogens (tertiary/aromatic N) is 1. The fourth-order valence-corrected chi connectivity index (χ4v) is 4.41. The molecule has 166 valence electrons. The molecule has 3 aromatic heterocycles. The van der Waals surface area contributed by atoms with E-state index in [-0.39, 0.29) is 29.2 Å². The van der Waals surface area contributed by atoms with Gasteiger partial charge in [-0.05, 0) is 23.5 Å². The molecule has 0 saturated heterocycles. The van der Waals surface area contributed by atoms with Crippen molar-refractivity contribution in [2.75, 3.05) is 6.61 Å². The van der Waals surface area contributed by atoms with E-state index in [9.17, 15) is 14.4 Å². The van der Waals surface area contributed by atoms with Gasteiger partial charge in [0.1, 0.15) is 4.83 Å². The van der Waals surface area contributed by atoms with Crippen LogP contribution in [0.15, 0.2) is 56.3 Å². The molecular formula is C24H25N3O4S. The second kappa shape index (κ2) is 9.00. The minimum atomic E-state index is -0.516. The first-order valence-corrected chi connectivity index (χ1v) is 11.4. The summed E-state index contributed by atoms with van der Waals surface area (Å²) < 4.78 is 6.61. The van der Waals surface area contributed by atoms with E-state index in [4.69, 9.17) is 4.74 Å². The van der Waals surface area contributed by atoms with Crippen LogP contribution in [-0.2, 0) is 13.0 Å². The monoisotopic (exact) mass is 451 g/mol. The number of benzene rings is 1. The number of aromatic nitrogens is 3. The van der Waals surface area contributed by atoms with E-state index in [1.165, 1.54) is 29.2 Å². The maximum atomic E-state index is 13.3. The average molecular weight is 452 g/mol. The summed E-state index contributed by atoms with van der Waals surface area (Å²) in [5, 5.41) is 2.36. The zero-order valence-corrected chi connectivity index (χ0v) is 19.0. The lowest BCUT2D eigenvalue weighted by molar-refractivity contribution is 0.267. The second-order valence-electron chi connectivity index (χ2n) is 8.12. The molecule has 0 spiro atoms. The largest absolute Gasteiger partial charge is 0.488 e. The molecule has 0 saturated carbocycles. The lowest BCUT2D eigenvalue weighted by Crippen LogP contribution is -2.35. The number of hydrogen-bond acceptors (Lipinski definition) is 5. The quantitative estimate of drug-likeness (QED) is 0.447. The van der Waals surface area contributed by atoms with E-state index in [0.717, 1.165) is 22.1 Å². The molecule has 0 amide bonds. The van der Waals surface area contributed by atoms with Gasteiger partial charge in [-0.15, -0.1) is 11.3 Å². The molecule has 2 N–H and O–H groups in total. The van der Waals surface area contributed by atoms with Crippen molar-refractivity contribution in [2.24, 2.45) is 5.92 Å². The third-order valence-corrected chi connectivity index (χ3v) is 6.12. The summed E-state index contributed by atoms with van der Waals surface area (Å²) in [6.07, 6.45) is 2.41. The van der Waals surface area contributed by atoms with Gasteiger partial charge >= 0.3 is 5.69 Å². The summed E-state index contributed by atoms with van der Waals surface area (Å²) in [6.45, 7) is 6.46. The second-order valence-corrected chi connectivity index (χ2v) is 9.00. The molecule has 0 aliphatic heterocycles. The summed E-state index contributed by atoms with van der Waals surface area (Å²) in [5.74, 6) is 0.505. The van der Waals surface area contributed by atoms with Crippen LogP contribution in [0.3, 0.4) is 0 Å². The van der Waals surface area contributed by atoms with Crippen molar-refractivity contribution in [1.29, 1.82) is 0 Å². The SMILES string of the molecule is CCc1ccc(-c2csc3[nH]c(=O)n(Cc4cc(=O)c(OCC(C)C)c[nH]4)c(=O)c23)cc1. The molecule has 32 heavy (non-hydrogen) atoms. The van der Waals surface area contributed by atoms with Crippen LogP contribution in [0.1, 0.15) is 32.0 Å². The molecular weight excluding hydrogens is 426 g/mol. The van der Waals surface area contributed by atoms with E-state index in [2.05, 4.69) is 16.9 Å². The van der Waals surface area contributed by atoms with Gasteiger partial charge in [-0.25, -0.2) is 4.79 Å². The fourth-order valence-electron chi connectivity index (χ4n) is 3.46. The molecule has 4 aromatic rings. The van der Waals surface area contributed by atoms with Crippen LogP contribution < -0.4 is 21.4 Å². The number of hydrogen-bond donors (Lipinski definition) is 2. The van der Waals surface area contributed by atoms with Crippen LogP contribution >= 0.6 is 11.3 Å². The number of nitrogens with one attached hydrogen (secondary N) is 2. The molecule has 1 aromatic carbocycles. The molecule has 0 unspecified atom stereocenters. The Morgan fingerprint density at radius 3 is 2.53 bits per heavy atom. The first kappa shape index (κ1) is 21.8. The Balaban J connectivity index is 1.72. The maximum Gasteiger partial charge on any atom is 0.329 e. The van der Waals surface area contributed by atoms with E-state index in [0.29, 0.717) is 22.5 Å². The highest BCUT2D eigenvalue weighted by Crippen LogP contribution is 2.30. The number of ether oxygens (including phenoxy) is 1. The summed E-state index contributed by atoms with van der Waals surface area (Å²) in [5.41, 5.74) is 2.17. The Labute approximate surface area is 188 Å². The number of pyridine rings is 1. The molecule has 7 nitrogen and oxygen atoms in total. The molecule has 0 aliphatic carbocycles. The van der Waals surface area contributed by atoms with Crippen molar-refractivity contribution in [3.63, 3.8) is 0 Å². The summed E-state index contributed by atoms with van der Waals surface area (Å²) in [4.78, 5) is 44.6. The van der Waals surface area contributed by atoms with Crippen molar-refractivity contribution in [3.05, 3.63) is 84.2 Å². The highest BCUT2D eigenvalue weighted by molar-refractivity contribution is 7.17. The lowest BCUT2D eigenvalue weighted by atomic mass is 10.0. The van der Waals surface area contributed by atoms with Crippen LogP contribution in [-0.4, -0.2) is 21.1 Å². The predicted octanol–water partition coefficient (Wildman–Crippen LogP) is 3.75. The third kappa shape index (κ3) is 4.31. The molecule has 0 radical (unpaired) electrons. The normalized spacial score (nSPS) is 11.4. The van der Waals surface area contributed by atoms with Crippen molar-refractivity contribution in [2.45, 2.75) is 33.7 Å². The Bertz CT molecular complexity index is 1420. The van der Waals surface area contributed by atoms with Crippen LogP contribution in [0.2, 0.25) is 0 Å². The van der Waals surface area contributed by atoms with E-state index >= 15 is 0 Å². The van der Waals surface area contributed by atoms with E-state index in [1.54, 1.807) is 0 Å². The van der Waals surface area contributed by atoms with Gasteiger partial charge in [0.15, 0.2) is 5.75 Å². The first-order valence-electron chi connectivity index (χ1n) is 10.6. The smallest absolute Gasteiger partial charge is 0.329 e. The highest BCUT2D eigenvalue weighted by atomic mass is 32.1. The molecule has 0 atom stereocenters. The molecule has 4 rings (SSSR count). The minimum absolute atomic E-state index is 0.0478. The van der Waals surface area contributed by atoms with Crippen LogP contribution in [0.25, 0.3) is 21.3 Å². The van der Waals surface area contributed by atoms with E-state index < -0.39 is 5.69 Å². The maximum absolute atomic E-state index is 13.3. The standard InChI is InChI=1S/C24H25N3O4S/c1-4-15-5-7-16(8-6-15)18-13-32-22-21(18)23(29)27(24(30)26-22)11-17-9-19(28)20(10-25-17)31-12-14(2)3/h5-10,13-14H,4,11-12H2,1-3H3,(H,25,28)(H,26,30). The first-order chi connectivity index (χ1) is 15.4. The van der Waals surface area contributed by atoms with Crippen molar-refractivity contribution < 1.29 is 4.74 Å². The number of rotatable bonds is 7. The van der Waals surface area contributed by atoms with Gasteiger partial charge in [0.2, 0.25) is 5.43 Å². The highest BCUT2D eigenvalue weighted by Gasteiger charge is 2.16. The molecule has 3 heterocycles. The number of fused-ring (bicyclic) bond motifs is 1. The van der Waals surface area contributed by atoms with Gasteiger partial charge in [0.05, 0.1) is 18.5 Å². The van der Waals surface area contributed by atoms with Gasteiger partial charge < -0.3 is 9.72 Å². The van der Waals surface area contributed by atoms with Crippen molar-refractivity contribution in [1.82, 2.24) is 14.5 Å².